The number of nitrogens with two attached hydrogens (primary N) is 1. The number of aryl methyl sites for hydroxylation is 2. The van der Waals surface area contributed by atoms with E-state index in [2.05, 4.69) is 16.9 Å². The Kier molecular flexibility index (Phi) is 2.97. The summed E-state index contributed by atoms with van der Waals surface area (Å²) in [7, 11) is 1.96. The molecule has 3 rings (SSSR count). The molecule has 0 radical (unpaired) electrons. The van der Waals surface area contributed by atoms with E-state index in [-0.39, 0.29) is 0 Å². The van der Waals surface area contributed by atoms with Gasteiger partial charge in [0.1, 0.15) is 5.76 Å². The lowest BCUT2D eigenvalue weighted by Crippen LogP contribution is -2.27. The van der Waals surface area contributed by atoms with Crippen LogP contribution in [0.5, 0.6) is 0 Å². The number of nitrogen functional groups attached to an aromatic ring is 1. The first-order valence-electron chi connectivity index (χ1n) is 6.81. The van der Waals surface area contributed by atoms with Crippen molar-refractivity contribution in [2.75, 3.05) is 10.6 Å². The highest BCUT2D eigenvalue weighted by Crippen LogP contribution is 2.37. The lowest BCUT2D eigenvalue weighted by molar-refractivity contribution is 0.498. The van der Waals surface area contributed by atoms with Crippen molar-refractivity contribution in [1.82, 2.24) is 9.78 Å². The zero-order valence-corrected chi connectivity index (χ0v) is 11.5. The van der Waals surface area contributed by atoms with Gasteiger partial charge >= 0.3 is 0 Å². The first-order chi connectivity index (χ1) is 9.20. The topological polar surface area (TPSA) is 60.2 Å². The molecule has 0 saturated heterocycles. The molecular formula is C14H20N4O. The molecule has 0 unspecified atom stereocenters. The van der Waals surface area contributed by atoms with Gasteiger partial charge in [0, 0.05) is 13.1 Å². The van der Waals surface area contributed by atoms with Crippen LogP contribution in [0, 0.1) is 0 Å². The molecule has 0 aliphatic heterocycles. The standard InChI is InChI=1S/C14H20N4O/c1-3-12-13(15)14(17(2)16-12)18(10-6-7-10)9-11-5-4-8-19-11/h4-5,8,10H,3,6-7,9,15H2,1-2H3. The minimum atomic E-state index is 0.563. The van der Waals surface area contributed by atoms with Gasteiger partial charge in [0.15, 0.2) is 5.82 Å². The maximum atomic E-state index is 6.25. The number of hydrogen-bond donors (Lipinski definition) is 1. The number of anilines is 2. The van der Waals surface area contributed by atoms with Gasteiger partial charge in [0.25, 0.3) is 0 Å². The van der Waals surface area contributed by atoms with Crippen LogP contribution in [-0.4, -0.2) is 15.8 Å². The van der Waals surface area contributed by atoms with Gasteiger partial charge < -0.3 is 15.1 Å². The van der Waals surface area contributed by atoms with Gasteiger partial charge in [-0.2, -0.15) is 5.10 Å². The van der Waals surface area contributed by atoms with Crippen LogP contribution in [0.3, 0.4) is 0 Å². The maximum absolute atomic E-state index is 6.25. The highest BCUT2D eigenvalue weighted by Gasteiger charge is 2.33. The number of aromatic nitrogens is 2. The molecule has 0 aromatic carbocycles. The number of nitrogens with zero attached hydrogens (tertiary/aromatic N) is 3. The first kappa shape index (κ1) is 12.1. The molecule has 2 aromatic heterocycles. The number of rotatable bonds is 5. The van der Waals surface area contributed by atoms with E-state index < -0.39 is 0 Å². The molecule has 2 aromatic rings. The fourth-order valence-electron chi connectivity index (χ4n) is 2.52. The normalized spacial score (nSPS) is 14.8. The summed E-state index contributed by atoms with van der Waals surface area (Å²) in [6.07, 6.45) is 5.00. The summed E-state index contributed by atoms with van der Waals surface area (Å²) in [4.78, 5) is 2.32. The average Bonchev–Trinajstić information content (AvgIpc) is 3.04. The lowest BCUT2D eigenvalue weighted by Gasteiger charge is -2.24. The molecular weight excluding hydrogens is 240 g/mol. The van der Waals surface area contributed by atoms with Crippen LogP contribution in [0.4, 0.5) is 11.5 Å². The molecule has 5 nitrogen and oxygen atoms in total. The highest BCUT2D eigenvalue weighted by atomic mass is 16.3. The second-order valence-corrected chi connectivity index (χ2v) is 5.10. The van der Waals surface area contributed by atoms with E-state index in [1.165, 1.54) is 12.8 Å². The van der Waals surface area contributed by atoms with Crippen LogP contribution in [0.1, 0.15) is 31.2 Å². The van der Waals surface area contributed by atoms with Crippen LogP contribution >= 0.6 is 0 Å². The SMILES string of the molecule is CCc1nn(C)c(N(Cc2ccco2)C2CC2)c1N. The molecule has 1 saturated carbocycles. The minimum absolute atomic E-state index is 0.563. The summed E-state index contributed by atoms with van der Waals surface area (Å²) in [5.74, 6) is 1.99. The van der Waals surface area contributed by atoms with Crippen molar-refractivity contribution in [2.24, 2.45) is 7.05 Å². The Hall–Kier alpha value is -1.91. The second kappa shape index (κ2) is 4.64. The number of hydrogen-bond acceptors (Lipinski definition) is 4. The van der Waals surface area contributed by atoms with E-state index in [0.717, 1.165) is 35.9 Å². The summed E-state index contributed by atoms with van der Waals surface area (Å²) in [6.45, 7) is 2.83. The third-order valence-electron chi connectivity index (χ3n) is 3.63. The van der Waals surface area contributed by atoms with Gasteiger partial charge in [-0.3, -0.25) is 4.68 Å². The van der Waals surface area contributed by atoms with E-state index in [1.807, 2.05) is 23.9 Å². The lowest BCUT2D eigenvalue weighted by atomic mass is 10.2. The monoisotopic (exact) mass is 260 g/mol. The zero-order valence-electron chi connectivity index (χ0n) is 11.5. The van der Waals surface area contributed by atoms with Crippen molar-refractivity contribution in [2.45, 2.75) is 38.8 Å². The molecule has 0 atom stereocenters. The van der Waals surface area contributed by atoms with Crippen molar-refractivity contribution < 1.29 is 4.42 Å². The summed E-state index contributed by atoms with van der Waals surface area (Å²) >= 11 is 0. The predicted molar refractivity (Wildman–Crippen MR) is 74.9 cm³/mol. The minimum Gasteiger partial charge on any atom is -0.467 e. The van der Waals surface area contributed by atoms with E-state index in [9.17, 15) is 0 Å². The Bertz CT molecular complexity index is 554. The van der Waals surface area contributed by atoms with Crippen LogP contribution in [-0.2, 0) is 20.0 Å². The predicted octanol–water partition coefficient (Wildman–Crippen LogP) is 2.33. The first-order valence-corrected chi connectivity index (χ1v) is 6.81. The van der Waals surface area contributed by atoms with Crippen molar-refractivity contribution >= 4 is 11.5 Å². The van der Waals surface area contributed by atoms with E-state index in [4.69, 9.17) is 10.2 Å². The molecule has 1 aliphatic carbocycles. The van der Waals surface area contributed by atoms with Gasteiger partial charge in [0.05, 0.1) is 24.2 Å². The molecule has 1 fully saturated rings. The molecule has 0 bridgehead atoms. The van der Waals surface area contributed by atoms with Crippen LogP contribution in [0.15, 0.2) is 22.8 Å². The molecule has 0 spiro atoms. The van der Waals surface area contributed by atoms with Crippen LogP contribution in [0.2, 0.25) is 0 Å². The van der Waals surface area contributed by atoms with Crippen molar-refractivity contribution in [3.8, 4) is 0 Å². The fourth-order valence-corrected chi connectivity index (χ4v) is 2.52. The average molecular weight is 260 g/mol. The van der Waals surface area contributed by atoms with Gasteiger partial charge in [-0.05, 0) is 31.4 Å². The quantitative estimate of drug-likeness (QED) is 0.896. The maximum Gasteiger partial charge on any atom is 0.151 e. The summed E-state index contributed by atoms with van der Waals surface area (Å²) < 4.78 is 7.36. The van der Waals surface area contributed by atoms with Gasteiger partial charge in [-0.25, -0.2) is 0 Å². The van der Waals surface area contributed by atoms with Crippen LogP contribution < -0.4 is 10.6 Å². The summed E-state index contributed by atoms with van der Waals surface area (Å²) in [5, 5.41) is 4.51. The van der Waals surface area contributed by atoms with Gasteiger partial charge in [-0.15, -0.1) is 0 Å². The van der Waals surface area contributed by atoms with E-state index >= 15 is 0 Å². The molecule has 5 heteroatoms. The molecule has 0 amide bonds. The molecule has 1 aliphatic rings. The largest absolute Gasteiger partial charge is 0.467 e. The molecule has 2 N–H and O–H groups in total. The summed E-state index contributed by atoms with van der Waals surface area (Å²) in [5.41, 5.74) is 8.04. The van der Waals surface area contributed by atoms with Crippen molar-refractivity contribution in [3.63, 3.8) is 0 Å². The smallest absolute Gasteiger partial charge is 0.151 e. The Morgan fingerprint density at radius 1 is 1.53 bits per heavy atom. The molecule has 19 heavy (non-hydrogen) atoms. The Morgan fingerprint density at radius 3 is 2.84 bits per heavy atom. The number of furan rings is 1. The molecule has 2 heterocycles. The second-order valence-electron chi connectivity index (χ2n) is 5.10. The van der Waals surface area contributed by atoms with Crippen molar-refractivity contribution in [3.05, 3.63) is 29.9 Å². The Morgan fingerprint density at radius 2 is 2.32 bits per heavy atom. The zero-order chi connectivity index (χ0) is 13.4. The van der Waals surface area contributed by atoms with Crippen LogP contribution in [0.25, 0.3) is 0 Å². The third kappa shape index (κ3) is 2.20. The molecule has 102 valence electrons. The third-order valence-corrected chi connectivity index (χ3v) is 3.63. The van der Waals surface area contributed by atoms with Gasteiger partial charge in [0.2, 0.25) is 0 Å². The van der Waals surface area contributed by atoms with Gasteiger partial charge in [-0.1, -0.05) is 6.92 Å². The van der Waals surface area contributed by atoms with Crippen molar-refractivity contribution in [1.29, 1.82) is 0 Å². The Balaban J connectivity index is 1.94. The summed E-state index contributed by atoms with van der Waals surface area (Å²) in [6, 6.07) is 4.49. The highest BCUT2D eigenvalue weighted by molar-refractivity contribution is 5.67. The van der Waals surface area contributed by atoms with E-state index in [0.29, 0.717) is 6.04 Å². The Labute approximate surface area is 113 Å². The van der Waals surface area contributed by atoms with E-state index in [1.54, 1.807) is 6.26 Å². The fraction of sp³-hybridized carbons (Fsp3) is 0.500.